The summed E-state index contributed by atoms with van der Waals surface area (Å²) < 4.78 is 6.01. The minimum atomic E-state index is -0.546. The highest BCUT2D eigenvalue weighted by Gasteiger charge is 2.24. The Labute approximate surface area is 154 Å². The first-order chi connectivity index (χ1) is 12.7. The summed E-state index contributed by atoms with van der Waals surface area (Å²) in [6.07, 6.45) is 2.62. The van der Waals surface area contributed by atoms with E-state index < -0.39 is 6.10 Å². The smallest absolute Gasteiger partial charge is 0.261 e. The van der Waals surface area contributed by atoms with Crippen LogP contribution in [0.3, 0.4) is 0 Å². The number of amides is 1. The molecule has 1 amide bonds. The average Bonchev–Trinajstić information content (AvgIpc) is 2.68. The number of benzene rings is 3. The Balaban J connectivity index is 1.49. The van der Waals surface area contributed by atoms with Gasteiger partial charge in [0.05, 0.1) is 6.04 Å². The summed E-state index contributed by atoms with van der Waals surface area (Å²) in [5.41, 5.74) is 2.58. The van der Waals surface area contributed by atoms with Gasteiger partial charge >= 0.3 is 0 Å². The van der Waals surface area contributed by atoms with Crippen molar-refractivity contribution in [3.8, 4) is 5.75 Å². The van der Waals surface area contributed by atoms with Gasteiger partial charge in [0.1, 0.15) is 5.75 Å². The lowest BCUT2D eigenvalue weighted by Gasteiger charge is -2.27. The summed E-state index contributed by atoms with van der Waals surface area (Å²) in [5.74, 6) is 0.675. The van der Waals surface area contributed by atoms with Crippen molar-refractivity contribution in [1.29, 1.82) is 0 Å². The molecule has 0 heterocycles. The van der Waals surface area contributed by atoms with Crippen molar-refractivity contribution in [2.75, 3.05) is 0 Å². The largest absolute Gasteiger partial charge is 0.480 e. The van der Waals surface area contributed by atoms with Crippen LogP contribution in [-0.2, 0) is 11.2 Å². The molecule has 2 atom stereocenters. The predicted molar refractivity (Wildman–Crippen MR) is 104 cm³/mol. The number of ether oxygens (including phenoxy) is 1. The topological polar surface area (TPSA) is 38.3 Å². The molecule has 0 unspecified atom stereocenters. The van der Waals surface area contributed by atoms with Crippen molar-refractivity contribution in [2.45, 2.75) is 38.3 Å². The zero-order valence-corrected chi connectivity index (χ0v) is 14.9. The first-order valence-corrected chi connectivity index (χ1v) is 9.25. The molecule has 3 nitrogen and oxygen atoms in total. The second kappa shape index (κ2) is 7.20. The third-order valence-electron chi connectivity index (χ3n) is 5.11. The third kappa shape index (κ3) is 3.30. The Hall–Kier alpha value is -2.81. The molecule has 0 fully saturated rings. The number of carbonyl (C=O) groups excluding carboxylic acids is 1. The Morgan fingerprint density at radius 2 is 1.81 bits per heavy atom. The lowest BCUT2D eigenvalue weighted by molar-refractivity contribution is -0.128. The summed E-state index contributed by atoms with van der Waals surface area (Å²) in [4.78, 5) is 12.7. The lowest BCUT2D eigenvalue weighted by atomic mass is 9.87. The van der Waals surface area contributed by atoms with E-state index in [1.807, 2.05) is 55.5 Å². The molecule has 3 heteroatoms. The normalized spacial score (nSPS) is 17.3. The SMILES string of the molecule is C[C@@H](Oc1cccc2ccccc12)C(=O)N[C@@H]1CCCc2ccccc21. The summed E-state index contributed by atoms with van der Waals surface area (Å²) in [7, 11) is 0. The van der Waals surface area contributed by atoms with Gasteiger partial charge in [-0.2, -0.15) is 0 Å². The monoisotopic (exact) mass is 345 g/mol. The molecule has 4 rings (SSSR count). The van der Waals surface area contributed by atoms with Gasteiger partial charge < -0.3 is 10.1 Å². The molecule has 26 heavy (non-hydrogen) atoms. The van der Waals surface area contributed by atoms with E-state index in [9.17, 15) is 4.79 Å². The van der Waals surface area contributed by atoms with Gasteiger partial charge in [0.25, 0.3) is 5.91 Å². The fourth-order valence-electron chi connectivity index (χ4n) is 3.74. The van der Waals surface area contributed by atoms with Crippen LogP contribution in [0.1, 0.15) is 36.9 Å². The highest BCUT2D eigenvalue weighted by Crippen LogP contribution is 2.30. The van der Waals surface area contributed by atoms with Gasteiger partial charge in [-0.25, -0.2) is 0 Å². The maximum absolute atomic E-state index is 12.7. The first-order valence-electron chi connectivity index (χ1n) is 9.25. The predicted octanol–water partition coefficient (Wildman–Crippen LogP) is 4.80. The maximum Gasteiger partial charge on any atom is 0.261 e. The minimum absolute atomic E-state index is 0.0698. The number of aryl methyl sites for hydroxylation is 1. The van der Waals surface area contributed by atoms with Crippen molar-refractivity contribution in [3.05, 3.63) is 77.9 Å². The molecule has 0 aromatic heterocycles. The van der Waals surface area contributed by atoms with Gasteiger partial charge in [-0.05, 0) is 48.8 Å². The minimum Gasteiger partial charge on any atom is -0.480 e. The second-order valence-electron chi connectivity index (χ2n) is 6.89. The highest BCUT2D eigenvalue weighted by atomic mass is 16.5. The average molecular weight is 345 g/mol. The number of hydrogen-bond acceptors (Lipinski definition) is 2. The van der Waals surface area contributed by atoms with Crippen molar-refractivity contribution in [3.63, 3.8) is 0 Å². The summed E-state index contributed by atoms with van der Waals surface area (Å²) in [6, 6.07) is 22.4. The Bertz CT molecular complexity index is 929. The zero-order valence-electron chi connectivity index (χ0n) is 14.9. The van der Waals surface area contributed by atoms with Crippen LogP contribution in [0.4, 0.5) is 0 Å². The number of rotatable bonds is 4. The van der Waals surface area contributed by atoms with Gasteiger partial charge in [-0.1, -0.05) is 60.7 Å². The van der Waals surface area contributed by atoms with Crippen LogP contribution in [0.2, 0.25) is 0 Å². The Morgan fingerprint density at radius 1 is 1.04 bits per heavy atom. The van der Waals surface area contributed by atoms with Gasteiger partial charge in [0, 0.05) is 5.39 Å². The van der Waals surface area contributed by atoms with E-state index in [0.29, 0.717) is 0 Å². The van der Waals surface area contributed by atoms with E-state index in [-0.39, 0.29) is 11.9 Å². The van der Waals surface area contributed by atoms with Crippen molar-refractivity contribution in [2.24, 2.45) is 0 Å². The highest BCUT2D eigenvalue weighted by molar-refractivity contribution is 5.89. The van der Waals surface area contributed by atoms with E-state index in [4.69, 9.17) is 4.74 Å². The zero-order chi connectivity index (χ0) is 17.9. The molecule has 0 saturated carbocycles. The van der Waals surface area contributed by atoms with E-state index in [0.717, 1.165) is 35.8 Å². The van der Waals surface area contributed by atoms with Crippen molar-refractivity contribution >= 4 is 16.7 Å². The number of carbonyl (C=O) groups is 1. The molecule has 3 aromatic rings. The summed E-state index contributed by atoms with van der Waals surface area (Å²) in [6.45, 7) is 1.81. The molecule has 0 aliphatic heterocycles. The van der Waals surface area contributed by atoms with E-state index in [2.05, 4.69) is 23.5 Å². The molecule has 132 valence electrons. The molecular weight excluding hydrogens is 322 g/mol. The lowest BCUT2D eigenvalue weighted by Crippen LogP contribution is -2.39. The van der Waals surface area contributed by atoms with Gasteiger partial charge in [0.15, 0.2) is 6.10 Å². The molecule has 1 aliphatic carbocycles. The van der Waals surface area contributed by atoms with E-state index >= 15 is 0 Å². The summed E-state index contributed by atoms with van der Waals surface area (Å²) >= 11 is 0. The quantitative estimate of drug-likeness (QED) is 0.737. The van der Waals surface area contributed by atoms with Crippen molar-refractivity contribution < 1.29 is 9.53 Å². The molecule has 0 spiro atoms. The molecule has 0 saturated heterocycles. The van der Waals surface area contributed by atoms with Gasteiger partial charge in [-0.15, -0.1) is 0 Å². The molecule has 3 aromatic carbocycles. The van der Waals surface area contributed by atoms with Crippen LogP contribution in [0, 0.1) is 0 Å². The molecule has 0 bridgehead atoms. The maximum atomic E-state index is 12.7. The van der Waals surface area contributed by atoms with Crippen LogP contribution >= 0.6 is 0 Å². The molecule has 1 N–H and O–H groups in total. The summed E-state index contributed by atoms with van der Waals surface area (Å²) in [5, 5.41) is 5.31. The first kappa shape index (κ1) is 16.6. The van der Waals surface area contributed by atoms with Crippen LogP contribution < -0.4 is 10.1 Å². The third-order valence-corrected chi connectivity index (χ3v) is 5.11. The second-order valence-corrected chi connectivity index (χ2v) is 6.89. The van der Waals surface area contributed by atoms with E-state index in [1.165, 1.54) is 11.1 Å². The van der Waals surface area contributed by atoms with Gasteiger partial charge in [0.2, 0.25) is 0 Å². The van der Waals surface area contributed by atoms with Crippen LogP contribution in [0.5, 0.6) is 5.75 Å². The Morgan fingerprint density at radius 3 is 2.73 bits per heavy atom. The Kier molecular flexibility index (Phi) is 4.61. The fourth-order valence-corrected chi connectivity index (χ4v) is 3.74. The molecule has 0 radical (unpaired) electrons. The standard InChI is InChI=1S/C23H23NO2/c1-16(26-22-15-7-11-18-9-3-5-13-20(18)22)23(25)24-21-14-6-10-17-8-2-4-12-19(17)21/h2-5,7-9,11-13,15-16,21H,6,10,14H2,1H3,(H,24,25)/t16-,21-/m1/s1. The number of hydrogen-bond donors (Lipinski definition) is 1. The van der Waals surface area contributed by atoms with Crippen LogP contribution in [0.25, 0.3) is 10.8 Å². The molecule has 1 aliphatic rings. The van der Waals surface area contributed by atoms with E-state index in [1.54, 1.807) is 0 Å². The number of nitrogens with one attached hydrogen (secondary N) is 1. The van der Waals surface area contributed by atoms with Crippen molar-refractivity contribution in [1.82, 2.24) is 5.32 Å². The van der Waals surface area contributed by atoms with Gasteiger partial charge in [-0.3, -0.25) is 4.79 Å². The fraction of sp³-hybridized carbons (Fsp3) is 0.261. The molecular formula is C23H23NO2. The van der Waals surface area contributed by atoms with Crippen LogP contribution in [-0.4, -0.2) is 12.0 Å². The number of fused-ring (bicyclic) bond motifs is 2. The van der Waals surface area contributed by atoms with Crippen LogP contribution in [0.15, 0.2) is 66.7 Å².